The van der Waals surface area contributed by atoms with Crippen LogP contribution in [0.1, 0.15) is 29.5 Å². The number of carbonyl (C=O) groups excluding carboxylic acids is 1. The van der Waals surface area contributed by atoms with Gasteiger partial charge in [-0.05, 0) is 31.5 Å². The van der Waals surface area contributed by atoms with Gasteiger partial charge in [0, 0.05) is 24.6 Å². The molecule has 116 valence electrons. The molecule has 0 fully saturated rings. The van der Waals surface area contributed by atoms with Crippen molar-refractivity contribution >= 4 is 23.2 Å². The Labute approximate surface area is 132 Å². The summed E-state index contributed by atoms with van der Waals surface area (Å²) >= 11 is 5.93. The quantitative estimate of drug-likeness (QED) is 0.650. The first-order chi connectivity index (χ1) is 10.5. The van der Waals surface area contributed by atoms with Crippen molar-refractivity contribution in [3.8, 4) is 0 Å². The lowest BCUT2D eigenvalue weighted by Gasteiger charge is -2.13. The summed E-state index contributed by atoms with van der Waals surface area (Å²) in [6.45, 7) is 1.88. The van der Waals surface area contributed by atoms with Gasteiger partial charge in [0.15, 0.2) is 0 Å². The smallest absolute Gasteiger partial charge is 0.270 e. The van der Waals surface area contributed by atoms with Crippen molar-refractivity contribution in [3.05, 3.63) is 63.1 Å². The van der Waals surface area contributed by atoms with E-state index in [2.05, 4.69) is 5.32 Å². The Morgan fingerprint density at radius 2 is 2.23 bits per heavy atom. The number of hydrogen-bond donors (Lipinski definition) is 1. The van der Waals surface area contributed by atoms with Gasteiger partial charge in [0.1, 0.15) is 5.76 Å². The zero-order chi connectivity index (χ0) is 16.1. The van der Waals surface area contributed by atoms with E-state index < -0.39 is 4.92 Å². The lowest BCUT2D eigenvalue weighted by Crippen LogP contribution is -2.33. The number of aryl methyl sites for hydroxylation is 1. The van der Waals surface area contributed by atoms with Gasteiger partial charge in [-0.15, -0.1) is 0 Å². The number of nitro benzene ring substituents is 1. The van der Waals surface area contributed by atoms with E-state index in [9.17, 15) is 14.9 Å². The Bertz CT molecular complexity index is 670. The number of benzene rings is 1. The number of furan rings is 1. The predicted octanol–water partition coefficient (Wildman–Crippen LogP) is 3.59. The molecule has 0 saturated carbocycles. The van der Waals surface area contributed by atoms with Crippen LogP contribution < -0.4 is 5.32 Å². The third-order valence-corrected chi connectivity index (χ3v) is 3.50. The van der Waals surface area contributed by atoms with Gasteiger partial charge in [-0.1, -0.05) is 11.6 Å². The normalized spacial score (nSPS) is 11.9. The fraction of sp³-hybridized carbons (Fsp3) is 0.267. The van der Waals surface area contributed by atoms with E-state index >= 15 is 0 Å². The Hall–Kier alpha value is -2.34. The molecule has 1 amide bonds. The molecule has 0 aliphatic rings. The summed E-state index contributed by atoms with van der Waals surface area (Å²) in [6, 6.07) is 7.40. The highest BCUT2D eigenvalue weighted by Crippen LogP contribution is 2.22. The second kappa shape index (κ2) is 7.09. The highest BCUT2D eigenvalue weighted by Gasteiger charge is 2.16. The molecule has 1 heterocycles. The number of halogens is 1. The standard InChI is InChI=1S/C15H15ClN2O4/c1-10(4-6-12-3-2-8-22-12)17-15(19)13-7-5-11(18(20)21)9-14(13)16/h2-3,5,7-10H,4,6H2,1H3,(H,17,19)/t10-/m0/s1. The molecule has 1 aromatic heterocycles. The second-order valence-corrected chi connectivity index (χ2v) is 5.32. The van der Waals surface area contributed by atoms with E-state index in [0.29, 0.717) is 12.8 Å². The molecule has 0 aliphatic carbocycles. The van der Waals surface area contributed by atoms with Crippen molar-refractivity contribution in [1.29, 1.82) is 0 Å². The molecule has 1 aromatic carbocycles. The van der Waals surface area contributed by atoms with Crippen LogP contribution in [0.5, 0.6) is 0 Å². The Balaban J connectivity index is 1.95. The summed E-state index contributed by atoms with van der Waals surface area (Å²) in [5.74, 6) is 0.501. The lowest BCUT2D eigenvalue weighted by atomic mass is 10.1. The van der Waals surface area contributed by atoms with E-state index in [4.69, 9.17) is 16.0 Å². The summed E-state index contributed by atoms with van der Waals surface area (Å²) in [4.78, 5) is 22.2. The Kier molecular flexibility index (Phi) is 5.16. The van der Waals surface area contributed by atoms with Crippen molar-refractivity contribution in [2.75, 3.05) is 0 Å². The monoisotopic (exact) mass is 322 g/mol. The number of rotatable bonds is 6. The van der Waals surface area contributed by atoms with E-state index in [-0.39, 0.29) is 28.2 Å². The molecule has 0 bridgehead atoms. The van der Waals surface area contributed by atoms with Crippen LogP contribution in [0.15, 0.2) is 41.0 Å². The third-order valence-electron chi connectivity index (χ3n) is 3.19. The van der Waals surface area contributed by atoms with Crippen molar-refractivity contribution < 1.29 is 14.1 Å². The fourth-order valence-corrected chi connectivity index (χ4v) is 2.25. The van der Waals surface area contributed by atoms with Crippen molar-refractivity contribution in [2.45, 2.75) is 25.8 Å². The first-order valence-electron chi connectivity index (χ1n) is 6.74. The van der Waals surface area contributed by atoms with Gasteiger partial charge in [0.25, 0.3) is 11.6 Å². The Morgan fingerprint density at radius 1 is 1.45 bits per heavy atom. The molecule has 22 heavy (non-hydrogen) atoms. The minimum atomic E-state index is -0.556. The summed E-state index contributed by atoms with van der Waals surface area (Å²) in [6.07, 6.45) is 3.03. The van der Waals surface area contributed by atoms with Gasteiger partial charge in [0.2, 0.25) is 0 Å². The van der Waals surface area contributed by atoms with Gasteiger partial charge in [-0.25, -0.2) is 0 Å². The molecule has 0 radical (unpaired) electrons. The second-order valence-electron chi connectivity index (χ2n) is 4.91. The average Bonchev–Trinajstić information content (AvgIpc) is 2.98. The molecular formula is C15H15ClN2O4. The number of non-ortho nitro benzene ring substituents is 1. The maximum absolute atomic E-state index is 12.1. The van der Waals surface area contributed by atoms with Gasteiger partial charge >= 0.3 is 0 Å². The SMILES string of the molecule is C[C@@H](CCc1ccco1)NC(=O)c1ccc([N+](=O)[O-])cc1Cl. The summed E-state index contributed by atoms with van der Waals surface area (Å²) in [7, 11) is 0. The van der Waals surface area contributed by atoms with Gasteiger partial charge in [-0.3, -0.25) is 14.9 Å². The van der Waals surface area contributed by atoms with Crippen LogP contribution in [-0.4, -0.2) is 16.9 Å². The van der Waals surface area contributed by atoms with E-state index in [1.54, 1.807) is 6.26 Å². The van der Waals surface area contributed by atoms with Gasteiger partial charge < -0.3 is 9.73 Å². The summed E-state index contributed by atoms with van der Waals surface area (Å²) in [5, 5.41) is 13.5. The van der Waals surface area contributed by atoms with Crippen molar-refractivity contribution in [1.82, 2.24) is 5.32 Å². The maximum Gasteiger partial charge on any atom is 0.270 e. The highest BCUT2D eigenvalue weighted by atomic mass is 35.5. The third kappa shape index (κ3) is 4.08. The number of carbonyl (C=O) groups is 1. The molecular weight excluding hydrogens is 308 g/mol. The summed E-state index contributed by atoms with van der Waals surface area (Å²) in [5.41, 5.74) is 0.0736. The van der Waals surface area contributed by atoms with E-state index in [1.807, 2.05) is 19.1 Å². The Morgan fingerprint density at radius 3 is 2.82 bits per heavy atom. The largest absolute Gasteiger partial charge is 0.469 e. The zero-order valence-corrected chi connectivity index (χ0v) is 12.7. The molecule has 0 spiro atoms. The first-order valence-corrected chi connectivity index (χ1v) is 7.12. The molecule has 0 aliphatic heterocycles. The van der Waals surface area contributed by atoms with Crippen LogP contribution in [-0.2, 0) is 6.42 Å². The minimum absolute atomic E-state index is 0.0601. The number of hydrogen-bond acceptors (Lipinski definition) is 4. The van der Waals surface area contributed by atoms with Crippen molar-refractivity contribution in [3.63, 3.8) is 0 Å². The molecule has 2 rings (SSSR count). The van der Waals surface area contributed by atoms with Crippen LogP contribution in [0.3, 0.4) is 0 Å². The molecule has 1 atom stereocenters. The van der Waals surface area contributed by atoms with Crippen LogP contribution in [0.4, 0.5) is 5.69 Å². The first kappa shape index (κ1) is 16.0. The number of nitrogens with one attached hydrogen (secondary N) is 1. The minimum Gasteiger partial charge on any atom is -0.469 e. The molecule has 6 nitrogen and oxygen atoms in total. The van der Waals surface area contributed by atoms with E-state index in [0.717, 1.165) is 5.76 Å². The molecule has 1 N–H and O–H groups in total. The van der Waals surface area contributed by atoms with Crippen LogP contribution in [0.25, 0.3) is 0 Å². The van der Waals surface area contributed by atoms with Gasteiger partial charge in [-0.2, -0.15) is 0 Å². The molecule has 0 unspecified atom stereocenters. The molecule has 2 aromatic rings. The average molecular weight is 323 g/mol. The van der Waals surface area contributed by atoms with Gasteiger partial charge in [0.05, 0.1) is 21.8 Å². The van der Waals surface area contributed by atoms with Crippen LogP contribution in [0.2, 0.25) is 5.02 Å². The summed E-state index contributed by atoms with van der Waals surface area (Å²) < 4.78 is 5.23. The fourth-order valence-electron chi connectivity index (χ4n) is 1.99. The van der Waals surface area contributed by atoms with Crippen molar-refractivity contribution in [2.24, 2.45) is 0 Å². The van der Waals surface area contributed by atoms with E-state index in [1.165, 1.54) is 18.2 Å². The number of nitro groups is 1. The number of amides is 1. The van der Waals surface area contributed by atoms with Crippen LogP contribution >= 0.6 is 11.6 Å². The lowest BCUT2D eigenvalue weighted by molar-refractivity contribution is -0.384. The molecule has 0 saturated heterocycles. The zero-order valence-electron chi connectivity index (χ0n) is 11.9. The van der Waals surface area contributed by atoms with Crippen LogP contribution in [0, 0.1) is 10.1 Å². The highest BCUT2D eigenvalue weighted by molar-refractivity contribution is 6.34. The maximum atomic E-state index is 12.1. The number of nitrogens with zero attached hydrogens (tertiary/aromatic N) is 1. The molecule has 7 heteroatoms. The topological polar surface area (TPSA) is 85.4 Å². The predicted molar refractivity (Wildman–Crippen MR) is 82.1 cm³/mol.